The highest BCUT2D eigenvalue weighted by atomic mass is 15.4. The van der Waals surface area contributed by atoms with Crippen molar-refractivity contribution in [3.05, 3.63) is 71.9 Å². The van der Waals surface area contributed by atoms with E-state index in [1.54, 1.807) is 6.20 Å². The summed E-state index contributed by atoms with van der Waals surface area (Å²) >= 11 is 0. The molecule has 1 fully saturated rings. The van der Waals surface area contributed by atoms with Crippen molar-refractivity contribution < 1.29 is 0 Å². The molecule has 0 unspecified atom stereocenters. The minimum Gasteiger partial charge on any atom is -0.339 e. The van der Waals surface area contributed by atoms with Crippen LogP contribution in [-0.4, -0.2) is 34.8 Å². The molecule has 0 bridgehead atoms. The Labute approximate surface area is 166 Å². The number of piperidine rings is 1. The van der Waals surface area contributed by atoms with Crippen molar-refractivity contribution in [2.75, 3.05) is 29.4 Å². The maximum Gasteiger partial charge on any atom is 0.247 e. The van der Waals surface area contributed by atoms with Crippen LogP contribution in [0.3, 0.4) is 0 Å². The van der Waals surface area contributed by atoms with E-state index in [1.807, 2.05) is 0 Å². The van der Waals surface area contributed by atoms with Crippen LogP contribution in [0.2, 0.25) is 0 Å². The maximum absolute atomic E-state index is 4.86. The first-order valence-corrected chi connectivity index (χ1v) is 10.2. The van der Waals surface area contributed by atoms with Crippen LogP contribution in [0.25, 0.3) is 0 Å². The summed E-state index contributed by atoms with van der Waals surface area (Å²) in [5.74, 6) is 2.40. The summed E-state index contributed by atoms with van der Waals surface area (Å²) in [4.78, 5) is 9.42. The Morgan fingerprint density at radius 3 is 2.54 bits per heavy atom. The van der Waals surface area contributed by atoms with Crippen molar-refractivity contribution in [3.8, 4) is 0 Å². The van der Waals surface area contributed by atoms with Gasteiger partial charge in [0.25, 0.3) is 0 Å². The van der Waals surface area contributed by atoms with Gasteiger partial charge in [0.1, 0.15) is 0 Å². The van der Waals surface area contributed by atoms with Crippen LogP contribution in [0.4, 0.5) is 17.5 Å². The fourth-order valence-electron chi connectivity index (χ4n) is 4.41. The molecule has 5 heteroatoms. The third-order valence-corrected chi connectivity index (χ3v) is 5.96. The molecule has 3 aromatic rings. The molecule has 2 aromatic carbocycles. The number of nitrogens with zero attached hydrogens (tertiary/aromatic N) is 5. The number of anilines is 3. The molecule has 28 heavy (non-hydrogen) atoms. The smallest absolute Gasteiger partial charge is 0.247 e. The molecule has 5 nitrogen and oxygen atoms in total. The molecule has 1 aromatic heterocycles. The Balaban J connectivity index is 1.26. The molecule has 1 saturated heterocycles. The quantitative estimate of drug-likeness (QED) is 0.693. The minimum atomic E-state index is 0.736. The van der Waals surface area contributed by atoms with E-state index >= 15 is 0 Å². The number of hydrogen-bond acceptors (Lipinski definition) is 5. The lowest BCUT2D eigenvalue weighted by atomic mass is 9.90. The van der Waals surface area contributed by atoms with Gasteiger partial charge >= 0.3 is 0 Å². The lowest BCUT2D eigenvalue weighted by Crippen LogP contribution is -2.36. The van der Waals surface area contributed by atoms with Gasteiger partial charge in [0.05, 0.1) is 6.20 Å². The predicted octanol–water partition coefficient (Wildman–Crippen LogP) is 4.02. The van der Waals surface area contributed by atoms with Crippen molar-refractivity contribution in [2.24, 2.45) is 5.92 Å². The standard InChI is InChI=1S/C23H25N5/c1-2-6-18(7-3-1)16-19-10-13-27(14-11-19)23-25-22(17-24-26-23)28-15-12-20-8-4-5-9-21(20)28/h1-9,17,19H,10-16H2. The van der Waals surface area contributed by atoms with Crippen molar-refractivity contribution in [2.45, 2.75) is 25.7 Å². The zero-order valence-electron chi connectivity index (χ0n) is 16.0. The molecule has 0 atom stereocenters. The maximum atomic E-state index is 4.86. The van der Waals surface area contributed by atoms with Crippen molar-refractivity contribution in [1.29, 1.82) is 0 Å². The Hall–Kier alpha value is -2.95. The molecule has 5 rings (SSSR count). The molecule has 0 saturated carbocycles. The first-order chi connectivity index (χ1) is 13.9. The van der Waals surface area contributed by atoms with Crippen LogP contribution in [0, 0.1) is 5.92 Å². The van der Waals surface area contributed by atoms with Crippen LogP contribution in [0.15, 0.2) is 60.8 Å². The largest absolute Gasteiger partial charge is 0.339 e. The van der Waals surface area contributed by atoms with Gasteiger partial charge in [-0.2, -0.15) is 10.1 Å². The third-order valence-electron chi connectivity index (χ3n) is 5.96. The number of rotatable bonds is 4. The second-order valence-corrected chi connectivity index (χ2v) is 7.77. The molecule has 142 valence electrons. The fraction of sp³-hybridized carbons (Fsp3) is 0.348. The van der Waals surface area contributed by atoms with Crippen LogP contribution >= 0.6 is 0 Å². The second-order valence-electron chi connectivity index (χ2n) is 7.77. The van der Waals surface area contributed by atoms with Crippen molar-refractivity contribution in [3.63, 3.8) is 0 Å². The third kappa shape index (κ3) is 3.44. The summed E-state index contributed by atoms with van der Waals surface area (Å²) in [6.07, 6.45) is 6.36. The van der Waals surface area contributed by atoms with E-state index < -0.39 is 0 Å². The number of benzene rings is 2. The van der Waals surface area contributed by atoms with E-state index in [-0.39, 0.29) is 0 Å². The lowest BCUT2D eigenvalue weighted by molar-refractivity contribution is 0.400. The SMILES string of the molecule is c1ccc(CC2CCN(c3nncc(N4CCc5ccccc54)n3)CC2)cc1. The van der Waals surface area contributed by atoms with Crippen LogP contribution in [-0.2, 0) is 12.8 Å². The van der Waals surface area contributed by atoms with Gasteiger partial charge in [0, 0.05) is 25.3 Å². The van der Waals surface area contributed by atoms with E-state index in [0.717, 1.165) is 43.7 Å². The second kappa shape index (κ2) is 7.58. The summed E-state index contributed by atoms with van der Waals surface area (Å²) in [6, 6.07) is 19.4. The van der Waals surface area contributed by atoms with Gasteiger partial charge in [-0.3, -0.25) is 0 Å². The first-order valence-electron chi connectivity index (χ1n) is 10.2. The zero-order chi connectivity index (χ0) is 18.8. The van der Waals surface area contributed by atoms with E-state index in [2.05, 4.69) is 74.6 Å². The van der Waals surface area contributed by atoms with Gasteiger partial charge in [-0.05, 0) is 48.8 Å². The molecule has 0 aliphatic carbocycles. The number of para-hydroxylation sites is 1. The van der Waals surface area contributed by atoms with Gasteiger partial charge in [-0.15, -0.1) is 5.10 Å². The summed E-state index contributed by atoms with van der Waals surface area (Å²) < 4.78 is 0. The molecule has 2 aliphatic rings. The van der Waals surface area contributed by atoms with Gasteiger partial charge in [0.15, 0.2) is 5.82 Å². The highest BCUT2D eigenvalue weighted by Gasteiger charge is 2.24. The van der Waals surface area contributed by atoms with E-state index in [4.69, 9.17) is 4.98 Å². The molecule has 2 aliphatic heterocycles. The van der Waals surface area contributed by atoms with Gasteiger partial charge in [0.2, 0.25) is 5.95 Å². The minimum absolute atomic E-state index is 0.736. The average molecular weight is 371 g/mol. The van der Waals surface area contributed by atoms with E-state index in [9.17, 15) is 0 Å². The monoisotopic (exact) mass is 371 g/mol. The summed E-state index contributed by atoms with van der Waals surface area (Å²) in [5.41, 5.74) is 4.06. The molecule has 3 heterocycles. The Morgan fingerprint density at radius 1 is 0.893 bits per heavy atom. The number of aromatic nitrogens is 3. The Morgan fingerprint density at radius 2 is 1.68 bits per heavy atom. The van der Waals surface area contributed by atoms with E-state index in [1.165, 1.54) is 36.1 Å². The molecular formula is C23H25N5. The molecule has 0 N–H and O–H groups in total. The lowest BCUT2D eigenvalue weighted by Gasteiger charge is -2.32. The first kappa shape index (κ1) is 17.2. The molecule has 0 radical (unpaired) electrons. The average Bonchev–Trinajstić information content (AvgIpc) is 3.19. The van der Waals surface area contributed by atoms with Gasteiger partial charge < -0.3 is 9.80 Å². The van der Waals surface area contributed by atoms with Crippen molar-refractivity contribution >= 4 is 17.5 Å². The highest BCUT2D eigenvalue weighted by molar-refractivity contribution is 5.67. The van der Waals surface area contributed by atoms with Crippen LogP contribution < -0.4 is 9.80 Å². The van der Waals surface area contributed by atoms with Gasteiger partial charge in [-0.1, -0.05) is 48.5 Å². The fourth-order valence-corrected chi connectivity index (χ4v) is 4.41. The summed E-state index contributed by atoms with van der Waals surface area (Å²) in [7, 11) is 0. The number of hydrogen-bond donors (Lipinski definition) is 0. The Kier molecular flexibility index (Phi) is 4.65. The summed E-state index contributed by atoms with van der Waals surface area (Å²) in [6.45, 7) is 2.95. The van der Waals surface area contributed by atoms with Crippen LogP contribution in [0.5, 0.6) is 0 Å². The predicted molar refractivity (Wildman–Crippen MR) is 112 cm³/mol. The number of fused-ring (bicyclic) bond motifs is 1. The van der Waals surface area contributed by atoms with Crippen LogP contribution in [0.1, 0.15) is 24.0 Å². The van der Waals surface area contributed by atoms with Gasteiger partial charge in [-0.25, -0.2) is 0 Å². The topological polar surface area (TPSA) is 45.2 Å². The summed E-state index contributed by atoms with van der Waals surface area (Å²) in [5, 5.41) is 8.61. The molecule has 0 spiro atoms. The zero-order valence-corrected chi connectivity index (χ0v) is 16.0. The normalized spacial score (nSPS) is 17.0. The van der Waals surface area contributed by atoms with Crippen molar-refractivity contribution in [1.82, 2.24) is 15.2 Å². The molecule has 0 amide bonds. The molecular weight excluding hydrogens is 346 g/mol. The van der Waals surface area contributed by atoms with E-state index in [0.29, 0.717) is 0 Å². The Bertz CT molecular complexity index is 934. The highest BCUT2D eigenvalue weighted by Crippen LogP contribution is 2.33.